The number of aryl methyl sites for hydroxylation is 1. The van der Waals surface area contributed by atoms with Crippen molar-refractivity contribution in [3.05, 3.63) is 111 Å². The van der Waals surface area contributed by atoms with Crippen LogP contribution in [0.25, 0.3) is 10.8 Å². The number of para-hydroxylation sites is 1. The number of aromatic amines is 1. The van der Waals surface area contributed by atoms with Gasteiger partial charge in [-0.05, 0) is 29.8 Å². The number of rotatable bonds is 6. The highest BCUT2D eigenvalue weighted by molar-refractivity contribution is 5.93. The number of benzene rings is 3. The summed E-state index contributed by atoms with van der Waals surface area (Å²) in [5, 5.41) is 3.27. The molecule has 3 aromatic carbocycles. The van der Waals surface area contributed by atoms with E-state index in [2.05, 4.69) is 5.10 Å². The van der Waals surface area contributed by atoms with Crippen molar-refractivity contribution in [1.82, 2.24) is 9.78 Å². The molecule has 30 heavy (non-hydrogen) atoms. The van der Waals surface area contributed by atoms with Crippen LogP contribution in [-0.4, -0.2) is 15.7 Å². The predicted octanol–water partition coefficient (Wildman–Crippen LogP) is 3.31. The lowest BCUT2D eigenvalue weighted by Crippen LogP contribution is -2.34. The molecule has 0 bridgehead atoms. The van der Waals surface area contributed by atoms with E-state index in [-0.39, 0.29) is 30.0 Å². The Labute approximate surface area is 173 Å². The minimum atomic E-state index is -0.346. The number of carbonyl (C=O) groups excluding carboxylic acids is 1. The van der Waals surface area contributed by atoms with Crippen LogP contribution >= 0.6 is 0 Å². The van der Waals surface area contributed by atoms with E-state index in [9.17, 15) is 14.4 Å². The maximum atomic E-state index is 13.1. The van der Waals surface area contributed by atoms with Crippen LogP contribution < -0.4 is 16.0 Å². The number of hydrogen-bond acceptors (Lipinski definition) is 3. The van der Waals surface area contributed by atoms with Crippen molar-refractivity contribution >= 4 is 22.4 Å². The molecule has 0 saturated heterocycles. The monoisotopic (exact) mass is 399 g/mol. The van der Waals surface area contributed by atoms with Crippen molar-refractivity contribution < 1.29 is 4.79 Å². The molecule has 0 aliphatic carbocycles. The van der Waals surface area contributed by atoms with Crippen LogP contribution in [0.5, 0.6) is 0 Å². The van der Waals surface area contributed by atoms with Crippen LogP contribution in [0.3, 0.4) is 0 Å². The van der Waals surface area contributed by atoms with Crippen LogP contribution in [-0.2, 0) is 17.9 Å². The summed E-state index contributed by atoms with van der Waals surface area (Å²) in [5.74, 6) is -0.133. The lowest BCUT2D eigenvalue weighted by Gasteiger charge is -2.23. The summed E-state index contributed by atoms with van der Waals surface area (Å²) in [6.07, 6.45) is 0.0793. The molecule has 150 valence electrons. The molecule has 6 nitrogen and oxygen atoms in total. The minimum absolute atomic E-state index is 0.0793. The number of H-pyrrole nitrogens is 1. The van der Waals surface area contributed by atoms with E-state index >= 15 is 0 Å². The zero-order valence-electron chi connectivity index (χ0n) is 16.3. The average molecular weight is 399 g/mol. The van der Waals surface area contributed by atoms with Crippen molar-refractivity contribution in [3.8, 4) is 0 Å². The van der Waals surface area contributed by atoms with Crippen LogP contribution in [0.1, 0.15) is 12.0 Å². The fraction of sp³-hybridized carbons (Fsp3) is 0.125. The maximum Gasteiger partial charge on any atom is 0.273 e. The zero-order valence-corrected chi connectivity index (χ0v) is 16.3. The fourth-order valence-electron chi connectivity index (χ4n) is 3.44. The third-order valence-corrected chi connectivity index (χ3v) is 4.99. The number of fused-ring (bicyclic) bond motifs is 1. The summed E-state index contributed by atoms with van der Waals surface area (Å²) >= 11 is 0. The third-order valence-electron chi connectivity index (χ3n) is 4.99. The van der Waals surface area contributed by atoms with Crippen molar-refractivity contribution in [3.63, 3.8) is 0 Å². The Kier molecular flexibility index (Phi) is 5.57. The molecule has 0 atom stereocenters. The first kappa shape index (κ1) is 19.4. The second kappa shape index (κ2) is 8.61. The summed E-state index contributed by atoms with van der Waals surface area (Å²) in [5.41, 5.74) is 1.13. The molecule has 1 amide bonds. The third kappa shape index (κ3) is 4.07. The summed E-state index contributed by atoms with van der Waals surface area (Å²) in [6.45, 7) is 0.517. The van der Waals surface area contributed by atoms with Crippen LogP contribution in [0.15, 0.2) is 94.5 Å². The number of hydrogen-bond donors (Lipinski definition) is 1. The van der Waals surface area contributed by atoms with Gasteiger partial charge in [-0.3, -0.25) is 19.5 Å². The molecule has 4 aromatic rings. The minimum Gasteiger partial charge on any atom is -0.308 e. The van der Waals surface area contributed by atoms with Crippen LogP contribution in [0.4, 0.5) is 5.69 Å². The molecule has 0 fully saturated rings. The van der Waals surface area contributed by atoms with Gasteiger partial charge in [0.1, 0.15) is 0 Å². The van der Waals surface area contributed by atoms with Gasteiger partial charge in [0.15, 0.2) is 0 Å². The molecular formula is C24H21N3O3. The lowest BCUT2D eigenvalue weighted by molar-refractivity contribution is -0.119. The van der Waals surface area contributed by atoms with Gasteiger partial charge in [-0.2, -0.15) is 0 Å². The SMILES string of the molecule is O=C(CCn1[nH]c(=O)c2ccccc2c1=O)N(Cc1ccccc1)c1ccccc1. The molecule has 0 radical (unpaired) electrons. The molecule has 0 unspecified atom stereocenters. The summed E-state index contributed by atoms with van der Waals surface area (Å²) in [4.78, 5) is 39.8. The Morgan fingerprint density at radius 3 is 2.10 bits per heavy atom. The van der Waals surface area contributed by atoms with Crippen molar-refractivity contribution in [2.45, 2.75) is 19.5 Å². The highest BCUT2D eigenvalue weighted by atomic mass is 16.2. The Morgan fingerprint density at radius 1 is 0.800 bits per heavy atom. The van der Waals surface area contributed by atoms with E-state index < -0.39 is 0 Å². The quantitative estimate of drug-likeness (QED) is 0.540. The van der Waals surface area contributed by atoms with Gasteiger partial charge >= 0.3 is 0 Å². The Balaban J connectivity index is 1.59. The number of aromatic nitrogens is 2. The smallest absolute Gasteiger partial charge is 0.273 e. The fourth-order valence-corrected chi connectivity index (χ4v) is 3.44. The van der Waals surface area contributed by atoms with Gasteiger partial charge in [-0.15, -0.1) is 0 Å². The van der Waals surface area contributed by atoms with Gasteiger partial charge in [-0.1, -0.05) is 60.7 Å². The second-order valence-corrected chi connectivity index (χ2v) is 6.99. The molecule has 0 aliphatic heterocycles. The van der Waals surface area contributed by atoms with Gasteiger partial charge in [0.05, 0.1) is 23.9 Å². The van der Waals surface area contributed by atoms with E-state index in [0.717, 1.165) is 11.3 Å². The van der Waals surface area contributed by atoms with E-state index in [1.807, 2.05) is 60.7 Å². The summed E-state index contributed by atoms with van der Waals surface area (Å²) in [6, 6.07) is 25.8. The van der Waals surface area contributed by atoms with Gasteiger partial charge in [0, 0.05) is 12.1 Å². The molecule has 0 spiro atoms. The molecule has 1 heterocycles. The van der Waals surface area contributed by atoms with Crippen LogP contribution in [0.2, 0.25) is 0 Å². The van der Waals surface area contributed by atoms with Gasteiger partial charge in [0.2, 0.25) is 5.91 Å². The molecule has 1 aromatic heterocycles. The van der Waals surface area contributed by atoms with Crippen molar-refractivity contribution in [1.29, 1.82) is 0 Å². The van der Waals surface area contributed by atoms with Gasteiger partial charge in [-0.25, -0.2) is 4.68 Å². The topological polar surface area (TPSA) is 75.2 Å². The largest absolute Gasteiger partial charge is 0.308 e. The number of nitrogens with one attached hydrogen (secondary N) is 1. The summed E-state index contributed by atoms with van der Waals surface area (Å²) in [7, 11) is 0. The molecule has 0 aliphatic rings. The first-order chi connectivity index (χ1) is 14.6. The maximum absolute atomic E-state index is 13.1. The number of anilines is 1. The second-order valence-electron chi connectivity index (χ2n) is 6.99. The standard InChI is InChI=1S/C24H21N3O3/c28-22(15-16-27-24(30)21-14-8-7-13-20(21)23(29)25-27)26(19-11-5-2-6-12-19)17-18-9-3-1-4-10-18/h1-14H,15-17H2,(H,25,29). The Hall–Kier alpha value is -3.93. The normalized spacial score (nSPS) is 10.8. The Bertz CT molecular complexity index is 1280. The van der Waals surface area contributed by atoms with E-state index in [1.54, 1.807) is 29.2 Å². The molecule has 0 saturated carbocycles. The number of nitrogens with zero attached hydrogens (tertiary/aromatic N) is 2. The van der Waals surface area contributed by atoms with Crippen LogP contribution in [0, 0.1) is 0 Å². The first-order valence-corrected chi connectivity index (χ1v) is 9.75. The molecular weight excluding hydrogens is 378 g/mol. The van der Waals surface area contributed by atoms with E-state index in [4.69, 9.17) is 0 Å². The lowest BCUT2D eigenvalue weighted by atomic mass is 10.1. The number of carbonyl (C=O) groups is 1. The summed E-state index contributed by atoms with van der Waals surface area (Å²) < 4.78 is 1.22. The highest BCUT2D eigenvalue weighted by Gasteiger charge is 2.17. The zero-order chi connectivity index (χ0) is 20.9. The molecule has 1 N–H and O–H groups in total. The Morgan fingerprint density at radius 2 is 1.40 bits per heavy atom. The highest BCUT2D eigenvalue weighted by Crippen LogP contribution is 2.18. The number of amides is 1. The van der Waals surface area contributed by atoms with Crippen molar-refractivity contribution in [2.24, 2.45) is 0 Å². The van der Waals surface area contributed by atoms with E-state index in [0.29, 0.717) is 17.3 Å². The van der Waals surface area contributed by atoms with Crippen molar-refractivity contribution in [2.75, 3.05) is 4.90 Å². The van der Waals surface area contributed by atoms with Gasteiger partial charge in [0.25, 0.3) is 11.1 Å². The first-order valence-electron chi connectivity index (χ1n) is 9.75. The van der Waals surface area contributed by atoms with Gasteiger partial charge < -0.3 is 4.90 Å². The predicted molar refractivity (Wildman–Crippen MR) is 118 cm³/mol. The average Bonchev–Trinajstić information content (AvgIpc) is 2.80. The van der Waals surface area contributed by atoms with E-state index in [1.165, 1.54) is 4.68 Å². The molecule has 6 heteroatoms. The molecule has 4 rings (SSSR count).